The highest BCUT2D eigenvalue weighted by atomic mass is 16.6. The number of nitrogens with one attached hydrogen (secondary N) is 2. The molecule has 3 N–H and O–H groups in total. The van der Waals surface area contributed by atoms with E-state index in [0.29, 0.717) is 36.8 Å². The summed E-state index contributed by atoms with van der Waals surface area (Å²) in [6.45, 7) is 5.48. The molecule has 0 aromatic heterocycles. The summed E-state index contributed by atoms with van der Waals surface area (Å²) in [5.74, 6) is 0.524. The number of methoxy groups -OCH3 is 2. The standard InChI is InChI=1S/C26H32N6O5/c1-18-5-10-22(25(15-18)32(34)35)28-29-23-17-26(37-4)24(16-19(23)2)30-27-20-6-8-21(9-7-20)31(11-13-33)12-14-36-3/h5-10,15-17,27,30,33H,11-14H2,1-4H3/b29-28+. The lowest BCUT2D eigenvalue weighted by molar-refractivity contribution is -0.384. The van der Waals surface area contributed by atoms with E-state index in [-0.39, 0.29) is 18.0 Å². The number of nitro benzene ring substituents is 1. The fraction of sp³-hybridized carbons (Fsp3) is 0.308. The van der Waals surface area contributed by atoms with Crippen molar-refractivity contribution in [2.24, 2.45) is 10.2 Å². The Kier molecular flexibility index (Phi) is 9.76. The van der Waals surface area contributed by atoms with Crippen LogP contribution in [-0.2, 0) is 4.74 Å². The van der Waals surface area contributed by atoms with E-state index in [1.54, 1.807) is 39.3 Å². The van der Waals surface area contributed by atoms with E-state index in [0.717, 1.165) is 22.5 Å². The second-order valence-corrected chi connectivity index (χ2v) is 8.29. The van der Waals surface area contributed by atoms with E-state index >= 15 is 0 Å². The van der Waals surface area contributed by atoms with Crippen molar-refractivity contribution < 1.29 is 19.5 Å². The van der Waals surface area contributed by atoms with Gasteiger partial charge >= 0.3 is 0 Å². The molecule has 0 aliphatic rings. The van der Waals surface area contributed by atoms with Gasteiger partial charge in [0.25, 0.3) is 5.69 Å². The zero-order valence-electron chi connectivity index (χ0n) is 21.4. The fourth-order valence-electron chi connectivity index (χ4n) is 3.61. The first-order chi connectivity index (χ1) is 17.9. The summed E-state index contributed by atoms with van der Waals surface area (Å²) in [5, 5.41) is 29.1. The van der Waals surface area contributed by atoms with Crippen molar-refractivity contribution >= 4 is 34.1 Å². The highest BCUT2D eigenvalue weighted by Gasteiger charge is 2.14. The van der Waals surface area contributed by atoms with Gasteiger partial charge in [0.15, 0.2) is 5.69 Å². The third-order valence-corrected chi connectivity index (χ3v) is 5.62. The van der Waals surface area contributed by atoms with Crippen molar-refractivity contribution in [2.45, 2.75) is 13.8 Å². The molecule has 0 fully saturated rings. The van der Waals surface area contributed by atoms with Crippen LogP contribution in [0.4, 0.5) is 34.1 Å². The number of aliphatic hydroxyl groups excluding tert-OH is 1. The van der Waals surface area contributed by atoms with Crippen LogP contribution in [0.1, 0.15) is 11.1 Å². The number of aliphatic hydroxyl groups is 1. The average molecular weight is 509 g/mol. The predicted molar refractivity (Wildman–Crippen MR) is 145 cm³/mol. The molecule has 0 atom stereocenters. The highest BCUT2D eigenvalue weighted by molar-refractivity contribution is 5.68. The van der Waals surface area contributed by atoms with Crippen LogP contribution in [0.5, 0.6) is 5.75 Å². The smallest absolute Gasteiger partial charge is 0.296 e. The number of hydrogen-bond acceptors (Lipinski definition) is 10. The Labute approximate surface area is 215 Å². The van der Waals surface area contributed by atoms with Crippen LogP contribution >= 0.6 is 0 Å². The number of nitro groups is 1. The van der Waals surface area contributed by atoms with Gasteiger partial charge in [-0.3, -0.25) is 15.5 Å². The molecule has 0 amide bonds. The lowest BCUT2D eigenvalue weighted by Crippen LogP contribution is -2.30. The van der Waals surface area contributed by atoms with Crippen LogP contribution in [0, 0.1) is 24.0 Å². The topological polar surface area (TPSA) is 134 Å². The van der Waals surface area contributed by atoms with E-state index in [1.807, 2.05) is 42.2 Å². The Balaban J connectivity index is 1.73. The molecule has 3 rings (SSSR count). The van der Waals surface area contributed by atoms with Gasteiger partial charge in [0.05, 0.1) is 42.3 Å². The van der Waals surface area contributed by atoms with Gasteiger partial charge in [-0.05, 0) is 61.4 Å². The number of azo groups is 1. The predicted octanol–water partition coefficient (Wildman–Crippen LogP) is 5.52. The molecule has 0 bridgehead atoms. The number of rotatable bonds is 13. The number of nitrogens with zero attached hydrogens (tertiary/aromatic N) is 4. The van der Waals surface area contributed by atoms with Crippen molar-refractivity contribution in [3.05, 3.63) is 75.8 Å². The molecule has 0 aliphatic carbocycles. The van der Waals surface area contributed by atoms with E-state index in [2.05, 4.69) is 21.1 Å². The van der Waals surface area contributed by atoms with Crippen LogP contribution < -0.4 is 20.5 Å². The summed E-state index contributed by atoms with van der Waals surface area (Å²) >= 11 is 0. The van der Waals surface area contributed by atoms with Gasteiger partial charge in [-0.2, -0.15) is 0 Å². The molecule has 0 heterocycles. The first-order valence-electron chi connectivity index (χ1n) is 11.7. The van der Waals surface area contributed by atoms with E-state index in [4.69, 9.17) is 9.47 Å². The summed E-state index contributed by atoms with van der Waals surface area (Å²) in [6.07, 6.45) is 0. The van der Waals surface area contributed by atoms with Crippen LogP contribution in [0.15, 0.2) is 64.8 Å². The normalized spacial score (nSPS) is 10.9. The summed E-state index contributed by atoms with van der Waals surface area (Å²) < 4.78 is 10.7. The first-order valence-corrected chi connectivity index (χ1v) is 11.7. The monoisotopic (exact) mass is 508 g/mol. The molecule has 11 nitrogen and oxygen atoms in total. The van der Waals surface area contributed by atoms with Crippen molar-refractivity contribution in [1.29, 1.82) is 0 Å². The highest BCUT2D eigenvalue weighted by Crippen LogP contribution is 2.35. The van der Waals surface area contributed by atoms with Crippen LogP contribution in [0.25, 0.3) is 0 Å². The molecular formula is C26H32N6O5. The molecule has 0 radical (unpaired) electrons. The Morgan fingerprint density at radius 3 is 2.35 bits per heavy atom. The van der Waals surface area contributed by atoms with Gasteiger partial charge < -0.3 is 24.9 Å². The third-order valence-electron chi connectivity index (χ3n) is 5.62. The number of benzene rings is 3. The van der Waals surface area contributed by atoms with Crippen molar-refractivity contribution in [3.63, 3.8) is 0 Å². The van der Waals surface area contributed by atoms with Gasteiger partial charge in [-0.1, -0.05) is 6.07 Å². The number of anilines is 3. The van der Waals surface area contributed by atoms with Gasteiger partial charge in [0, 0.05) is 38.0 Å². The number of aryl methyl sites for hydroxylation is 2. The Bertz CT molecular complexity index is 1230. The van der Waals surface area contributed by atoms with Crippen LogP contribution in [0.2, 0.25) is 0 Å². The van der Waals surface area contributed by atoms with E-state index < -0.39 is 4.92 Å². The fourth-order valence-corrected chi connectivity index (χ4v) is 3.61. The molecule has 3 aromatic rings. The van der Waals surface area contributed by atoms with Crippen molar-refractivity contribution in [3.8, 4) is 5.75 Å². The zero-order valence-corrected chi connectivity index (χ0v) is 21.4. The van der Waals surface area contributed by atoms with E-state index in [9.17, 15) is 15.2 Å². The van der Waals surface area contributed by atoms with Gasteiger partial charge in [0.2, 0.25) is 0 Å². The summed E-state index contributed by atoms with van der Waals surface area (Å²) in [5.41, 5.74) is 11.0. The minimum absolute atomic E-state index is 0.0574. The summed E-state index contributed by atoms with van der Waals surface area (Å²) in [7, 11) is 3.20. The maximum atomic E-state index is 11.4. The molecular weight excluding hydrogens is 476 g/mol. The average Bonchev–Trinajstić information content (AvgIpc) is 2.90. The quantitative estimate of drug-likeness (QED) is 0.156. The van der Waals surface area contributed by atoms with Crippen LogP contribution in [0.3, 0.4) is 0 Å². The molecule has 0 unspecified atom stereocenters. The molecule has 3 aromatic carbocycles. The Morgan fingerprint density at radius 2 is 1.70 bits per heavy atom. The van der Waals surface area contributed by atoms with Crippen LogP contribution in [-0.4, -0.2) is 50.6 Å². The second-order valence-electron chi connectivity index (χ2n) is 8.29. The maximum Gasteiger partial charge on any atom is 0.296 e. The third kappa shape index (κ3) is 7.38. The van der Waals surface area contributed by atoms with E-state index in [1.165, 1.54) is 6.07 Å². The molecule has 0 spiro atoms. The van der Waals surface area contributed by atoms with Crippen molar-refractivity contribution in [1.82, 2.24) is 0 Å². The lowest BCUT2D eigenvalue weighted by atomic mass is 10.1. The van der Waals surface area contributed by atoms with Crippen molar-refractivity contribution in [2.75, 3.05) is 56.3 Å². The summed E-state index contributed by atoms with van der Waals surface area (Å²) in [6, 6.07) is 16.2. The maximum absolute atomic E-state index is 11.4. The minimum atomic E-state index is -0.468. The SMILES string of the molecule is COCCN(CCO)c1ccc(NNc2cc(C)c(/N=N/c3ccc(C)cc3[N+](=O)[O-])cc2OC)cc1. The molecule has 37 heavy (non-hydrogen) atoms. The first kappa shape index (κ1) is 27.4. The molecule has 0 aliphatic heterocycles. The Hall–Kier alpha value is -4.22. The van der Waals surface area contributed by atoms with Gasteiger partial charge in [-0.15, -0.1) is 10.2 Å². The van der Waals surface area contributed by atoms with Gasteiger partial charge in [-0.25, -0.2) is 0 Å². The number of hydrazine groups is 1. The Morgan fingerprint density at radius 1 is 0.973 bits per heavy atom. The lowest BCUT2D eigenvalue weighted by Gasteiger charge is -2.24. The number of hydrogen-bond donors (Lipinski definition) is 3. The molecule has 196 valence electrons. The molecule has 0 saturated carbocycles. The molecule has 0 saturated heterocycles. The largest absolute Gasteiger partial charge is 0.494 e. The summed E-state index contributed by atoms with van der Waals surface area (Å²) in [4.78, 5) is 12.9. The zero-order chi connectivity index (χ0) is 26.8. The number of ether oxygens (including phenoxy) is 2. The molecule has 11 heteroatoms. The minimum Gasteiger partial charge on any atom is -0.494 e. The van der Waals surface area contributed by atoms with Gasteiger partial charge in [0.1, 0.15) is 5.75 Å². The second kappa shape index (κ2) is 13.2.